The molecule has 1 aliphatic rings. The number of thiazole rings is 1. The minimum Gasteiger partial charge on any atom is -0.377 e. The Morgan fingerprint density at radius 2 is 2.42 bits per heavy atom. The van der Waals surface area contributed by atoms with Gasteiger partial charge in [-0.05, 0) is 32.7 Å². The maximum absolute atomic E-state index is 5.74. The quantitative estimate of drug-likeness (QED) is 0.781. The van der Waals surface area contributed by atoms with Crippen molar-refractivity contribution in [3.05, 3.63) is 11.1 Å². The van der Waals surface area contributed by atoms with Gasteiger partial charge in [0, 0.05) is 31.6 Å². The molecule has 1 aromatic heterocycles. The van der Waals surface area contributed by atoms with E-state index in [1.54, 1.807) is 11.3 Å². The summed E-state index contributed by atoms with van der Waals surface area (Å²) in [5.41, 5.74) is 1.16. The van der Waals surface area contributed by atoms with E-state index in [9.17, 15) is 0 Å². The molecule has 1 unspecified atom stereocenters. The molecule has 0 amide bonds. The van der Waals surface area contributed by atoms with E-state index in [0.29, 0.717) is 6.10 Å². The highest BCUT2D eigenvalue weighted by Crippen LogP contribution is 2.25. The van der Waals surface area contributed by atoms with E-state index >= 15 is 0 Å². The van der Waals surface area contributed by atoms with Gasteiger partial charge in [-0.15, -0.1) is 11.3 Å². The van der Waals surface area contributed by atoms with Crippen LogP contribution in [-0.4, -0.2) is 37.3 Å². The molecule has 1 aliphatic heterocycles. The van der Waals surface area contributed by atoms with Crippen LogP contribution < -0.4 is 10.2 Å². The third-order valence-electron chi connectivity index (χ3n) is 3.32. The first-order chi connectivity index (χ1) is 9.33. The van der Waals surface area contributed by atoms with Gasteiger partial charge >= 0.3 is 0 Å². The molecule has 0 bridgehead atoms. The SMILES string of the molecule is CCCNCc1csc(N2CCCC(OCC)C2)n1. The fourth-order valence-electron chi connectivity index (χ4n) is 2.40. The zero-order valence-corrected chi connectivity index (χ0v) is 12.8. The fourth-order valence-corrected chi connectivity index (χ4v) is 3.26. The van der Waals surface area contributed by atoms with Crippen molar-refractivity contribution in [2.75, 3.05) is 31.1 Å². The van der Waals surface area contributed by atoms with Crippen LogP contribution in [0.4, 0.5) is 5.13 Å². The number of ether oxygens (including phenoxy) is 1. The summed E-state index contributed by atoms with van der Waals surface area (Å²) in [6.07, 6.45) is 3.93. The van der Waals surface area contributed by atoms with Gasteiger partial charge in [-0.1, -0.05) is 6.92 Å². The molecular weight excluding hydrogens is 258 g/mol. The molecule has 19 heavy (non-hydrogen) atoms. The summed E-state index contributed by atoms with van der Waals surface area (Å²) in [6, 6.07) is 0. The zero-order valence-electron chi connectivity index (χ0n) is 12.0. The predicted molar refractivity (Wildman–Crippen MR) is 81.0 cm³/mol. The number of anilines is 1. The van der Waals surface area contributed by atoms with Gasteiger partial charge in [-0.3, -0.25) is 0 Å². The zero-order chi connectivity index (χ0) is 13.5. The molecule has 1 aromatic rings. The topological polar surface area (TPSA) is 37.4 Å². The normalized spacial score (nSPS) is 19.9. The molecule has 1 fully saturated rings. The highest BCUT2D eigenvalue weighted by Gasteiger charge is 2.22. The van der Waals surface area contributed by atoms with Gasteiger partial charge in [0.05, 0.1) is 11.8 Å². The van der Waals surface area contributed by atoms with Gasteiger partial charge < -0.3 is 15.0 Å². The largest absolute Gasteiger partial charge is 0.377 e. The summed E-state index contributed by atoms with van der Waals surface area (Å²) >= 11 is 1.75. The molecule has 4 nitrogen and oxygen atoms in total. The first-order valence-corrected chi connectivity index (χ1v) is 8.23. The van der Waals surface area contributed by atoms with E-state index in [1.807, 2.05) is 0 Å². The number of rotatable bonds is 7. The van der Waals surface area contributed by atoms with Crippen molar-refractivity contribution < 1.29 is 4.74 Å². The molecule has 2 heterocycles. The van der Waals surface area contributed by atoms with Crippen LogP contribution in [0, 0.1) is 0 Å². The van der Waals surface area contributed by atoms with E-state index in [1.165, 1.54) is 19.3 Å². The molecule has 0 aliphatic carbocycles. The molecule has 0 radical (unpaired) electrons. The van der Waals surface area contributed by atoms with E-state index < -0.39 is 0 Å². The highest BCUT2D eigenvalue weighted by molar-refractivity contribution is 7.13. The van der Waals surface area contributed by atoms with Crippen LogP contribution in [0.5, 0.6) is 0 Å². The summed E-state index contributed by atoms with van der Waals surface area (Å²) in [6.45, 7) is 9.10. The molecule has 1 N–H and O–H groups in total. The van der Waals surface area contributed by atoms with Crippen LogP contribution in [0.15, 0.2) is 5.38 Å². The second kappa shape index (κ2) is 7.82. The molecule has 108 valence electrons. The van der Waals surface area contributed by atoms with Gasteiger partial charge in [0.2, 0.25) is 0 Å². The second-order valence-electron chi connectivity index (χ2n) is 4.96. The van der Waals surface area contributed by atoms with Crippen molar-refractivity contribution >= 4 is 16.5 Å². The Balaban J connectivity index is 1.86. The van der Waals surface area contributed by atoms with Gasteiger partial charge in [0.1, 0.15) is 0 Å². The average molecular weight is 283 g/mol. The Labute approximate surface area is 120 Å². The Kier molecular flexibility index (Phi) is 6.07. The molecule has 2 rings (SSSR count). The molecule has 0 aromatic carbocycles. The van der Waals surface area contributed by atoms with Gasteiger partial charge in [0.25, 0.3) is 0 Å². The second-order valence-corrected chi connectivity index (χ2v) is 5.80. The Bertz CT molecular complexity index is 367. The lowest BCUT2D eigenvalue weighted by Gasteiger charge is -2.32. The van der Waals surface area contributed by atoms with Crippen molar-refractivity contribution in [2.24, 2.45) is 0 Å². The number of aromatic nitrogens is 1. The van der Waals surface area contributed by atoms with Crippen molar-refractivity contribution in [3.8, 4) is 0 Å². The monoisotopic (exact) mass is 283 g/mol. The van der Waals surface area contributed by atoms with Gasteiger partial charge in [-0.25, -0.2) is 4.98 Å². The minimum atomic E-state index is 0.379. The molecular formula is C14H25N3OS. The van der Waals surface area contributed by atoms with Crippen molar-refractivity contribution in [2.45, 2.75) is 45.8 Å². The Hall–Kier alpha value is -0.650. The maximum Gasteiger partial charge on any atom is 0.185 e. The Morgan fingerprint density at radius 3 is 3.21 bits per heavy atom. The van der Waals surface area contributed by atoms with Gasteiger partial charge in [-0.2, -0.15) is 0 Å². The van der Waals surface area contributed by atoms with Crippen molar-refractivity contribution in [3.63, 3.8) is 0 Å². The van der Waals surface area contributed by atoms with Crippen LogP contribution in [0.3, 0.4) is 0 Å². The number of hydrogen-bond acceptors (Lipinski definition) is 5. The van der Waals surface area contributed by atoms with E-state index in [-0.39, 0.29) is 0 Å². The number of piperidine rings is 1. The fraction of sp³-hybridized carbons (Fsp3) is 0.786. The van der Waals surface area contributed by atoms with Crippen LogP contribution in [0.1, 0.15) is 38.8 Å². The molecule has 0 spiro atoms. The third-order valence-corrected chi connectivity index (χ3v) is 4.27. The maximum atomic E-state index is 5.74. The van der Waals surface area contributed by atoms with Crippen LogP contribution in [0.25, 0.3) is 0 Å². The van der Waals surface area contributed by atoms with E-state index in [4.69, 9.17) is 9.72 Å². The smallest absolute Gasteiger partial charge is 0.185 e. The first-order valence-electron chi connectivity index (χ1n) is 7.35. The number of nitrogens with one attached hydrogen (secondary N) is 1. The van der Waals surface area contributed by atoms with Crippen molar-refractivity contribution in [1.29, 1.82) is 0 Å². The average Bonchev–Trinajstić information content (AvgIpc) is 2.89. The van der Waals surface area contributed by atoms with Crippen LogP contribution in [-0.2, 0) is 11.3 Å². The summed E-state index contributed by atoms with van der Waals surface area (Å²) in [5.74, 6) is 0. The van der Waals surface area contributed by atoms with Gasteiger partial charge in [0.15, 0.2) is 5.13 Å². The standard InChI is InChI=1S/C14H25N3OS/c1-3-7-15-9-12-11-19-14(16-12)17-8-5-6-13(10-17)18-4-2/h11,13,15H,3-10H2,1-2H3. The summed E-state index contributed by atoms with van der Waals surface area (Å²) in [4.78, 5) is 7.10. The summed E-state index contributed by atoms with van der Waals surface area (Å²) in [7, 11) is 0. The van der Waals surface area contributed by atoms with E-state index in [2.05, 4.69) is 29.4 Å². The number of hydrogen-bond donors (Lipinski definition) is 1. The lowest BCUT2D eigenvalue weighted by molar-refractivity contribution is 0.0526. The molecule has 0 saturated carbocycles. The molecule has 5 heteroatoms. The highest BCUT2D eigenvalue weighted by atomic mass is 32.1. The number of nitrogens with zero attached hydrogens (tertiary/aromatic N) is 2. The summed E-state index contributed by atoms with van der Waals surface area (Å²) in [5, 5.41) is 6.72. The predicted octanol–water partition coefficient (Wildman–Crippen LogP) is 2.65. The van der Waals surface area contributed by atoms with Crippen LogP contribution in [0.2, 0.25) is 0 Å². The summed E-state index contributed by atoms with van der Waals surface area (Å²) < 4.78 is 5.74. The lowest BCUT2D eigenvalue weighted by Crippen LogP contribution is -2.39. The molecule has 1 saturated heterocycles. The van der Waals surface area contributed by atoms with Crippen LogP contribution >= 0.6 is 11.3 Å². The first kappa shape index (κ1) is 14.8. The minimum absolute atomic E-state index is 0.379. The van der Waals surface area contributed by atoms with Crippen molar-refractivity contribution in [1.82, 2.24) is 10.3 Å². The Morgan fingerprint density at radius 1 is 1.53 bits per heavy atom. The third kappa shape index (κ3) is 4.44. The lowest BCUT2D eigenvalue weighted by atomic mass is 10.1. The molecule has 1 atom stereocenters. The van der Waals surface area contributed by atoms with E-state index in [0.717, 1.165) is 43.6 Å².